The maximum absolute atomic E-state index is 5.50. The second kappa shape index (κ2) is 3.72. The fourth-order valence-corrected chi connectivity index (χ4v) is 1.42. The fourth-order valence-electron chi connectivity index (χ4n) is 1.42. The molecular formula is C10H17N. The smallest absolute Gasteiger partial charge is 0.0174 e. The summed E-state index contributed by atoms with van der Waals surface area (Å²) in [5, 5.41) is 0. The summed E-state index contributed by atoms with van der Waals surface area (Å²) in [6, 6.07) is 0. The van der Waals surface area contributed by atoms with Gasteiger partial charge in [-0.1, -0.05) is 19.6 Å². The number of hydrogen-bond donors (Lipinski definition) is 1. The van der Waals surface area contributed by atoms with Crippen molar-refractivity contribution in [1.82, 2.24) is 0 Å². The molecule has 0 fully saturated rings. The molecule has 1 unspecified atom stereocenters. The van der Waals surface area contributed by atoms with Crippen LogP contribution in [0.1, 0.15) is 26.2 Å². The Morgan fingerprint density at radius 2 is 2.55 bits per heavy atom. The van der Waals surface area contributed by atoms with E-state index < -0.39 is 0 Å². The lowest BCUT2D eigenvalue weighted by atomic mass is 9.88. The van der Waals surface area contributed by atoms with Gasteiger partial charge < -0.3 is 5.73 Å². The van der Waals surface area contributed by atoms with Crippen LogP contribution in [-0.4, -0.2) is 6.54 Å². The molecule has 0 aliphatic heterocycles. The van der Waals surface area contributed by atoms with E-state index in [-0.39, 0.29) is 0 Å². The standard InChI is InChI=1S/C10H17N/c1-8-3-5-10(6-4-8)9(2)7-11/h5,8H,2-4,6-7,11H2,1H3. The zero-order chi connectivity index (χ0) is 8.27. The molecule has 1 heteroatoms. The van der Waals surface area contributed by atoms with Crippen LogP contribution in [0, 0.1) is 5.92 Å². The van der Waals surface area contributed by atoms with Gasteiger partial charge in [0.15, 0.2) is 0 Å². The zero-order valence-corrected chi connectivity index (χ0v) is 7.27. The normalized spacial score (nSPS) is 24.5. The molecule has 1 rings (SSSR count). The van der Waals surface area contributed by atoms with E-state index >= 15 is 0 Å². The van der Waals surface area contributed by atoms with Crippen LogP contribution in [0.25, 0.3) is 0 Å². The van der Waals surface area contributed by atoms with Gasteiger partial charge in [0.1, 0.15) is 0 Å². The molecule has 0 saturated heterocycles. The van der Waals surface area contributed by atoms with Gasteiger partial charge >= 0.3 is 0 Å². The van der Waals surface area contributed by atoms with Crippen molar-refractivity contribution in [3.8, 4) is 0 Å². The number of rotatable bonds is 2. The molecule has 1 nitrogen and oxygen atoms in total. The van der Waals surface area contributed by atoms with E-state index in [0.29, 0.717) is 6.54 Å². The van der Waals surface area contributed by atoms with Crippen LogP contribution in [-0.2, 0) is 0 Å². The van der Waals surface area contributed by atoms with Gasteiger partial charge in [-0.3, -0.25) is 0 Å². The first-order chi connectivity index (χ1) is 5.24. The Labute approximate surface area is 69.0 Å². The van der Waals surface area contributed by atoms with Crippen molar-refractivity contribution in [2.24, 2.45) is 11.7 Å². The Balaban J connectivity index is 2.54. The van der Waals surface area contributed by atoms with Crippen molar-refractivity contribution in [1.29, 1.82) is 0 Å². The van der Waals surface area contributed by atoms with E-state index in [9.17, 15) is 0 Å². The molecule has 1 aliphatic carbocycles. The quantitative estimate of drug-likeness (QED) is 0.643. The molecule has 0 radical (unpaired) electrons. The molecule has 0 aromatic rings. The van der Waals surface area contributed by atoms with Crippen molar-refractivity contribution in [3.63, 3.8) is 0 Å². The van der Waals surface area contributed by atoms with Crippen LogP contribution in [0.15, 0.2) is 23.8 Å². The predicted molar refractivity (Wildman–Crippen MR) is 49.3 cm³/mol. The van der Waals surface area contributed by atoms with Gasteiger partial charge in [0.25, 0.3) is 0 Å². The summed E-state index contributed by atoms with van der Waals surface area (Å²) in [5.74, 6) is 0.851. The topological polar surface area (TPSA) is 26.0 Å². The maximum Gasteiger partial charge on any atom is 0.0174 e. The minimum Gasteiger partial charge on any atom is -0.327 e. The first kappa shape index (κ1) is 8.54. The second-order valence-corrected chi connectivity index (χ2v) is 3.42. The molecule has 1 atom stereocenters. The third-order valence-electron chi connectivity index (χ3n) is 2.37. The number of allylic oxidation sites excluding steroid dienone is 1. The highest BCUT2D eigenvalue weighted by Crippen LogP contribution is 2.26. The molecular weight excluding hydrogens is 134 g/mol. The first-order valence-corrected chi connectivity index (χ1v) is 4.31. The number of hydrogen-bond acceptors (Lipinski definition) is 1. The van der Waals surface area contributed by atoms with Crippen molar-refractivity contribution in [3.05, 3.63) is 23.8 Å². The Hall–Kier alpha value is -0.560. The van der Waals surface area contributed by atoms with E-state index in [1.807, 2.05) is 0 Å². The lowest BCUT2D eigenvalue weighted by molar-refractivity contribution is 0.516. The summed E-state index contributed by atoms with van der Waals surface area (Å²) in [6.07, 6.45) is 5.97. The summed E-state index contributed by atoms with van der Waals surface area (Å²) < 4.78 is 0. The summed E-state index contributed by atoms with van der Waals surface area (Å²) in [4.78, 5) is 0. The van der Waals surface area contributed by atoms with Crippen molar-refractivity contribution in [2.45, 2.75) is 26.2 Å². The SMILES string of the molecule is C=C(CN)C1=CCC(C)CC1. The van der Waals surface area contributed by atoms with E-state index in [1.54, 1.807) is 0 Å². The summed E-state index contributed by atoms with van der Waals surface area (Å²) in [7, 11) is 0. The van der Waals surface area contributed by atoms with Gasteiger partial charge in [-0.15, -0.1) is 0 Å². The molecule has 2 N–H and O–H groups in total. The fraction of sp³-hybridized carbons (Fsp3) is 0.600. The highest BCUT2D eigenvalue weighted by molar-refractivity contribution is 5.30. The average Bonchev–Trinajstić information content (AvgIpc) is 2.05. The van der Waals surface area contributed by atoms with Crippen molar-refractivity contribution in [2.75, 3.05) is 6.54 Å². The summed E-state index contributed by atoms with van der Waals surface area (Å²) in [5.41, 5.74) is 8.01. The van der Waals surface area contributed by atoms with E-state index in [0.717, 1.165) is 11.5 Å². The Bertz CT molecular complexity index is 179. The largest absolute Gasteiger partial charge is 0.327 e. The Morgan fingerprint density at radius 1 is 1.82 bits per heavy atom. The van der Waals surface area contributed by atoms with Crippen LogP contribution in [0.4, 0.5) is 0 Å². The van der Waals surface area contributed by atoms with Gasteiger partial charge in [-0.2, -0.15) is 0 Å². The minimum absolute atomic E-state index is 0.611. The molecule has 11 heavy (non-hydrogen) atoms. The molecule has 0 heterocycles. The van der Waals surface area contributed by atoms with Gasteiger partial charge in [-0.25, -0.2) is 0 Å². The predicted octanol–water partition coefficient (Wildman–Crippen LogP) is 2.25. The molecule has 0 amide bonds. The average molecular weight is 151 g/mol. The highest BCUT2D eigenvalue weighted by Gasteiger charge is 2.10. The third kappa shape index (κ3) is 2.19. The van der Waals surface area contributed by atoms with E-state index in [1.165, 1.54) is 24.8 Å². The third-order valence-corrected chi connectivity index (χ3v) is 2.37. The molecule has 62 valence electrons. The van der Waals surface area contributed by atoms with Crippen LogP contribution in [0.3, 0.4) is 0 Å². The lowest BCUT2D eigenvalue weighted by Gasteiger charge is -2.18. The molecule has 0 aromatic heterocycles. The summed E-state index contributed by atoms with van der Waals surface area (Å²) in [6.45, 7) is 6.83. The van der Waals surface area contributed by atoms with Crippen LogP contribution in [0.5, 0.6) is 0 Å². The molecule has 1 aliphatic rings. The van der Waals surface area contributed by atoms with Crippen molar-refractivity contribution >= 4 is 0 Å². The number of nitrogens with two attached hydrogens (primary N) is 1. The maximum atomic E-state index is 5.50. The van der Waals surface area contributed by atoms with E-state index in [4.69, 9.17) is 5.73 Å². The van der Waals surface area contributed by atoms with Crippen molar-refractivity contribution < 1.29 is 0 Å². The van der Waals surface area contributed by atoms with Crippen LogP contribution in [0.2, 0.25) is 0 Å². The van der Waals surface area contributed by atoms with Gasteiger partial charge in [0, 0.05) is 6.54 Å². The van der Waals surface area contributed by atoms with Gasteiger partial charge in [0.05, 0.1) is 0 Å². The molecule has 0 bridgehead atoms. The molecule has 0 saturated carbocycles. The second-order valence-electron chi connectivity index (χ2n) is 3.42. The van der Waals surface area contributed by atoms with Gasteiger partial charge in [-0.05, 0) is 36.3 Å². The summed E-state index contributed by atoms with van der Waals surface area (Å²) >= 11 is 0. The van der Waals surface area contributed by atoms with E-state index in [2.05, 4.69) is 19.6 Å². The highest BCUT2D eigenvalue weighted by atomic mass is 14.5. The zero-order valence-electron chi connectivity index (χ0n) is 7.27. The Morgan fingerprint density at radius 3 is 3.00 bits per heavy atom. The van der Waals surface area contributed by atoms with Crippen LogP contribution >= 0.6 is 0 Å². The lowest BCUT2D eigenvalue weighted by Crippen LogP contribution is -2.08. The van der Waals surface area contributed by atoms with Crippen LogP contribution < -0.4 is 5.73 Å². The first-order valence-electron chi connectivity index (χ1n) is 4.31. The van der Waals surface area contributed by atoms with Gasteiger partial charge in [0.2, 0.25) is 0 Å². The molecule has 0 spiro atoms. The Kier molecular flexibility index (Phi) is 2.89. The minimum atomic E-state index is 0.611. The monoisotopic (exact) mass is 151 g/mol. The molecule has 0 aromatic carbocycles.